The largest absolute Gasteiger partial charge is 0.416 e. The quantitative estimate of drug-likeness (QED) is 0.717. The minimum Gasteiger partial charge on any atom is -0.293 e. The van der Waals surface area contributed by atoms with Crippen molar-refractivity contribution in [2.24, 2.45) is 0 Å². The number of ketones is 1. The van der Waals surface area contributed by atoms with Crippen LogP contribution in [-0.2, 0) is 12.6 Å². The number of hydrogen-bond acceptors (Lipinski definition) is 2. The number of hydrogen-bond donors (Lipinski definition) is 0. The molecule has 0 atom stereocenters. The standard InChI is InChI=1S/C13H8BrF3OS/c14-10-5-6-19-12(10)11(18)7-8-1-3-9(4-2-8)13(15,16)17/h1-6H,7H2. The number of thiophene rings is 1. The Bertz CT molecular complexity index is 587. The summed E-state index contributed by atoms with van der Waals surface area (Å²) in [5, 5.41) is 1.78. The van der Waals surface area contributed by atoms with Gasteiger partial charge in [0.15, 0.2) is 5.78 Å². The van der Waals surface area contributed by atoms with Crippen LogP contribution in [0.15, 0.2) is 40.2 Å². The lowest BCUT2D eigenvalue weighted by atomic mass is 10.1. The minimum absolute atomic E-state index is 0.0945. The predicted octanol–water partition coefficient (Wildman–Crippen LogP) is 4.95. The van der Waals surface area contributed by atoms with Gasteiger partial charge in [-0.05, 0) is 45.1 Å². The number of benzene rings is 1. The average Bonchev–Trinajstić information content (AvgIpc) is 2.75. The highest BCUT2D eigenvalue weighted by atomic mass is 79.9. The summed E-state index contributed by atoms with van der Waals surface area (Å²) < 4.78 is 37.9. The van der Waals surface area contributed by atoms with Gasteiger partial charge in [-0.3, -0.25) is 4.79 Å². The fourth-order valence-corrected chi connectivity index (χ4v) is 3.10. The van der Waals surface area contributed by atoms with Crippen LogP contribution in [0.2, 0.25) is 0 Å². The summed E-state index contributed by atoms with van der Waals surface area (Å²) in [7, 11) is 0. The van der Waals surface area contributed by atoms with Gasteiger partial charge in [-0.25, -0.2) is 0 Å². The second-order valence-corrected chi connectivity index (χ2v) is 5.66. The van der Waals surface area contributed by atoms with Gasteiger partial charge in [0.1, 0.15) is 0 Å². The van der Waals surface area contributed by atoms with Crippen molar-refractivity contribution < 1.29 is 18.0 Å². The van der Waals surface area contributed by atoms with E-state index in [1.54, 1.807) is 11.4 Å². The topological polar surface area (TPSA) is 17.1 Å². The predicted molar refractivity (Wildman–Crippen MR) is 71.5 cm³/mol. The normalized spacial score (nSPS) is 11.6. The van der Waals surface area contributed by atoms with Crippen LogP contribution in [0.1, 0.15) is 20.8 Å². The molecular formula is C13H8BrF3OS. The van der Waals surface area contributed by atoms with Gasteiger partial charge in [0.2, 0.25) is 0 Å². The van der Waals surface area contributed by atoms with Gasteiger partial charge in [-0.1, -0.05) is 12.1 Å². The Morgan fingerprint density at radius 1 is 1.16 bits per heavy atom. The van der Waals surface area contributed by atoms with Crippen LogP contribution in [0.4, 0.5) is 13.2 Å². The van der Waals surface area contributed by atoms with E-state index in [1.807, 2.05) is 0 Å². The van der Waals surface area contributed by atoms with Crippen LogP contribution in [-0.4, -0.2) is 5.78 Å². The summed E-state index contributed by atoms with van der Waals surface area (Å²) in [5.41, 5.74) is -0.140. The van der Waals surface area contributed by atoms with Crippen LogP contribution in [0.5, 0.6) is 0 Å². The molecule has 0 aliphatic rings. The number of rotatable bonds is 3. The number of carbonyl (C=O) groups is 1. The van der Waals surface area contributed by atoms with Crippen molar-refractivity contribution in [1.29, 1.82) is 0 Å². The highest BCUT2D eigenvalue weighted by Gasteiger charge is 2.30. The van der Waals surface area contributed by atoms with Gasteiger partial charge in [0.25, 0.3) is 0 Å². The molecule has 100 valence electrons. The van der Waals surface area contributed by atoms with Crippen molar-refractivity contribution in [1.82, 2.24) is 0 Å². The van der Waals surface area contributed by atoms with E-state index in [9.17, 15) is 18.0 Å². The molecule has 1 aromatic carbocycles. The first-order chi connectivity index (χ1) is 8.88. The highest BCUT2D eigenvalue weighted by molar-refractivity contribution is 9.10. The summed E-state index contributed by atoms with van der Waals surface area (Å²) >= 11 is 4.57. The van der Waals surface area contributed by atoms with E-state index < -0.39 is 11.7 Å². The molecule has 6 heteroatoms. The van der Waals surface area contributed by atoms with Crippen molar-refractivity contribution >= 4 is 33.0 Å². The molecule has 2 aromatic rings. The summed E-state index contributed by atoms with van der Waals surface area (Å²) in [6.07, 6.45) is -4.25. The summed E-state index contributed by atoms with van der Waals surface area (Å²) in [6, 6.07) is 6.42. The molecule has 0 aliphatic heterocycles. The Morgan fingerprint density at radius 2 is 1.79 bits per heavy atom. The van der Waals surface area contributed by atoms with E-state index in [4.69, 9.17) is 0 Å². The van der Waals surface area contributed by atoms with E-state index >= 15 is 0 Å². The van der Waals surface area contributed by atoms with Gasteiger partial charge in [-0.2, -0.15) is 13.2 Å². The van der Waals surface area contributed by atoms with Crippen LogP contribution in [0.3, 0.4) is 0 Å². The third-order valence-corrected chi connectivity index (χ3v) is 4.40. The maximum Gasteiger partial charge on any atom is 0.416 e. The zero-order valence-electron chi connectivity index (χ0n) is 9.50. The zero-order valence-corrected chi connectivity index (χ0v) is 11.9. The molecule has 0 saturated heterocycles. The molecule has 1 nitrogen and oxygen atoms in total. The lowest BCUT2D eigenvalue weighted by Crippen LogP contribution is -2.06. The zero-order chi connectivity index (χ0) is 14.0. The van der Waals surface area contributed by atoms with Crippen LogP contribution in [0.25, 0.3) is 0 Å². The molecule has 0 spiro atoms. The van der Waals surface area contributed by atoms with Gasteiger partial charge in [0.05, 0.1) is 10.4 Å². The van der Waals surface area contributed by atoms with E-state index in [2.05, 4.69) is 15.9 Å². The molecule has 0 aliphatic carbocycles. The molecule has 0 fully saturated rings. The third kappa shape index (κ3) is 3.45. The van der Waals surface area contributed by atoms with Crippen molar-refractivity contribution in [3.63, 3.8) is 0 Å². The van der Waals surface area contributed by atoms with Crippen LogP contribution < -0.4 is 0 Å². The number of alkyl halides is 3. The summed E-state index contributed by atoms with van der Waals surface area (Å²) in [5.74, 6) is -0.110. The van der Waals surface area contributed by atoms with Crippen molar-refractivity contribution in [2.45, 2.75) is 12.6 Å². The molecule has 0 saturated carbocycles. The Morgan fingerprint density at radius 3 is 2.26 bits per heavy atom. The molecule has 19 heavy (non-hydrogen) atoms. The molecule has 0 bridgehead atoms. The van der Waals surface area contributed by atoms with Crippen molar-refractivity contribution in [3.8, 4) is 0 Å². The first kappa shape index (κ1) is 14.3. The molecular weight excluding hydrogens is 341 g/mol. The van der Waals surface area contributed by atoms with Gasteiger partial charge in [0, 0.05) is 10.9 Å². The van der Waals surface area contributed by atoms with E-state index in [0.717, 1.165) is 16.6 Å². The second-order valence-electron chi connectivity index (χ2n) is 3.89. The molecule has 2 rings (SSSR count). The maximum absolute atomic E-state index is 12.4. The Kier molecular flexibility index (Phi) is 4.10. The van der Waals surface area contributed by atoms with E-state index in [-0.39, 0.29) is 12.2 Å². The van der Waals surface area contributed by atoms with Gasteiger partial charge in [-0.15, -0.1) is 11.3 Å². The molecule has 0 radical (unpaired) electrons. The van der Waals surface area contributed by atoms with E-state index in [1.165, 1.54) is 23.5 Å². The summed E-state index contributed by atoms with van der Waals surface area (Å²) in [4.78, 5) is 12.5. The van der Waals surface area contributed by atoms with Crippen molar-refractivity contribution in [2.75, 3.05) is 0 Å². The Balaban J connectivity index is 2.12. The SMILES string of the molecule is O=C(Cc1ccc(C(F)(F)F)cc1)c1sccc1Br. The molecule has 1 aromatic heterocycles. The Hall–Kier alpha value is -1.14. The summed E-state index contributed by atoms with van der Waals surface area (Å²) in [6.45, 7) is 0. The number of halogens is 4. The smallest absolute Gasteiger partial charge is 0.293 e. The monoisotopic (exact) mass is 348 g/mol. The van der Waals surface area contributed by atoms with Gasteiger partial charge < -0.3 is 0 Å². The fourth-order valence-electron chi connectivity index (χ4n) is 1.57. The molecule has 0 unspecified atom stereocenters. The lowest BCUT2D eigenvalue weighted by molar-refractivity contribution is -0.137. The van der Waals surface area contributed by atoms with E-state index in [0.29, 0.717) is 10.4 Å². The van der Waals surface area contributed by atoms with Crippen molar-refractivity contribution in [3.05, 3.63) is 56.2 Å². The first-order valence-corrected chi connectivity index (χ1v) is 6.97. The number of Topliss-reactive ketones (excluding diaryl/α,β-unsaturated/α-hetero) is 1. The lowest BCUT2D eigenvalue weighted by Gasteiger charge is -2.07. The first-order valence-electron chi connectivity index (χ1n) is 5.30. The Labute approximate surface area is 120 Å². The molecule has 1 heterocycles. The minimum atomic E-state index is -4.35. The van der Waals surface area contributed by atoms with Gasteiger partial charge >= 0.3 is 6.18 Å². The fraction of sp³-hybridized carbons (Fsp3) is 0.154. The van der Waals surface area contributed by atoms with Crippen LogP contribution in [0, 0.1) is 0 Å². The third-order valence-electron chi connectivity index (χ3n) is 2.52. The second kappa shape index (κ2) is 5.46. The maximum atomic E-state index is 12.4. The average molecular weight is 349 g/mol. The highest BCUT2D eigenvalue weighted by Crippen LogP contribution is 2.29. The van der Waals surface area contributed by atoms with Crippen LogP contribution >= 0.6 is 27.3 Å². The molecule has 0 N–H and O–H groups in total. The molecule has 0 amide bonds. The number of carbonyl (C=O) groups excluding carboxylic acids is 1.